The van der Waals surface area contributed by atoms with Crippen LogP contribution in [0.2, 0.25) is 0 Å². The van der Waals surface area contributed by atoms with Crippen LogP contribution in [0.15, 0.2) is 23.0 Å². The van der Waals surface area contributed by atoms with E-state index in [9.17, 15) is 0 Å². The van der Waals surface area contributed by atoms with E-state index in [1.807, 2.05) is 6.07 Å². The third-order valence-electron chi connectivity index (χ3n) is 2.16. The molecule has 13 heavy (non-hydrogen) atoms. The Kier molecular flexibility index (Phi) is 4.44. The Labute approximate surface area is 79.9 Å². The number of hydrogen-bond acceptors (Lipinski definition) is 2. The second-order valence-electron chi connectivity index (χ2n) is 3.49. The molecule has 1 atom stereocenters. The first-order valence-corrected chi connectivity index (χ1v) is 4.98. The molecule has 0 aliphatic heterocycles. The molecular weight excluding hydrogens is 164 g/mol. The van der Waals surface area contributed by atoms with Gasteiger partial charge in [-0.1, -0.05) is 26.7 Å². The van der Waals surface area contributed by atoms with Crippen molar-refractivity contribution in [2.24, 2.45) is 5.92 Å². The largest absolute Gasteiger partial charge is 0.490 e. The minimum absolute atomic E-state index is 0.761. The standard InChI is InChI=1S/C11H18O2/c1-3-4-10(2)5-8-13-11-6-7-12-9-11/h6-7,9-10H,3-5,8H2,1-2H3. The molecule has 0 radical (unpaired) electrons. The fraction of sp³-hybridized carbons (Fsp3) is 0.636. The third-order valence-corrected chi connectivity index (χ3v) is 2.16. The normalized spacial score (nSPS) is 12.8. The van der Waals surface area contributed by atoms with Crippen LogP contribution in [-0.2, 0) is 0 Å². The summed E-state index contributed by atoms with van der Waals surface area (Å²) in [5, 5.41) is 0. The molecule has 1 aromatic heterocycles. The van der Waals surface area contributed by atoms with Gasteiger partial charge < -0.3 is 9.15 Å². The van der Waals surface area contributed by atoms with Gasteiger partial charge in [-0.05, 0) is 12.3 Å². The van der Waals surface area contributed by atoms with Crippen LogP contribution in [0.3, 0.4) is 0 Å². The summed E-state index contributed by atoms with van der Waals surface area (Å²) in [6.07, 6.45) is 6.93. The molecule has 0 fully saturated rings. The molecule has 74 valence electrons. The smallest absolute Gasteiger partial charge is 0.157 e. The van der Waals surface area contributed by atoms with Crippen LogP contribution in [0.5, 0.6) is 5.75 Å². The highest BCUT2D eigenvalue weighted by Crippen LogP contribution is 2.13. The summed E-state index contributed by atoms with van der Waals surface area (Å²) in [5.41, 5.74) is 0. The summed E-state index contributed by atoms with van der Waals surface area (Å²) < 4.78 is 10.4. The molecule has 1 aromatic rings. The molecule has 1 heterocycles. The van der Waals surface area contributed by atoms with Crippen molar-refractivity contribution < 1.29 is 9.15 Å². The predicted molar refractivity (Wildman–Crippen MR) is 52.9 cm³/mol. The van der Waals surface area contributed by atoms with Gasteiger partial charge in [-0.15, -0.1) is 0 Å². The lowest BCUT2D eigenvalue weighted by Gasteiger charge is -2.09. The maximum absolute atomic E-state index is 5.47. The average Bonchev–Trinajstić information content (AvgIpc) is 2.57. The summed E-state index contributed by atoms with van der Waals surface area (Å²) in [7, 11) is 0. The molecule has 2 heteroatoms. The molecule has 0 aliphatic carbocycles. The maximum atomic E-state index is 5.47. The first-order valence-electron chi connectivity index (χ1n) is 4.98. The van der Waals surface area contributed by atoms with Crippen LogP contribution in [0, 0.1) is 5.92 Å². The van der Waals surface area contributed by atoms with E-state index < -0.39 is 0 Å². The zero-order chi connectivity index (χ0) is 9.52. The highest BCUT2D eigenvalue weighted by molar-refractivity contribution is 5.12. The van der Waals surface area contributed by atoms with Crippen molar-refractivity contribution in [2.45, 2.75) is 33.1 Å². The van der Waals surface area contributed by atoms with Crippen molar-refractivity contribution >= 4 is 0 Å². The van der Waals surface area contributed by atoms with Crippen LogP contribution in [0.1, 0.15) is 33.1 Å². The summed E-state index contributed by atoms with van der Waals surface area (Å²) >= 11 is 0. The van der Waals surface area contributed by atoms with Crippen molar-refractivity contribution in [1.29, 1.82) is 0 Å². The molecule has 0 saturated heterocycles. The topological polar surface area (TPSA) is 22.4 Å². The summed E-state index contributed by atoms with van der Waals surface area (Å²) in [5.74, 6) is 1.60. The van der Waals surface area contributed by atoms with Gasteiger partial charge in [0.2, 0.25) is 0 Å². The number of ether oxygens (including phenoxy) is 1. The predicted octanol–water partition coefficient (Wildman–Crippen LogP) is 3.48. The van der Waals surface area contributed by atoms with Crippen molar-refractivity contribution in [2.75, 3.05) is 6.61 Å². The molecule has 1 rings (SSSR count). The Morgan fingerprint density at radius 2 is 2.31 bits per heavy atom. The molecule has 2 nitrogen and oxygen atoms in total. The van der Waals surface area contributed by atoms with Gasteiger partial charge in [0.15, 0.2) is 5.75 Å². The molecule has 0 saturated carbocycles. The zero-order valence-electron chi connectivity index (χ0n) is 8.45. The minimum Gasteiger partial charge on any atom is -0.490 e. The second-order valence-corrected chi connectivity index (χ2v) is 3.49. The van der Waals surface area contributed by atoms with Gasteiger partial charge in [-0.3, -0.25) is 0 Å². The molecular formula is C11H18O2. The van der Waals surface area contributed by atoms with Gasteiger partial charge in [0.25, 0.3) is 0 Å². The zero-order valence-corrected chi connectivity index (χ0v) is 8.45. The van der Waals surface area contributed by atoms with Crippen LogP contribution >= 0.6 is 0 Å². The first-order chi connectivity index (χ1) is 6.33. The van der Waals surface area contributed by atoms with Crippen molar-refractivity contribution in [3.8, 4) is 5.75 Å². The first kappa shape index (κ1) is 10.2. The summed E-state index contributed by atoms with van der Waals surface area (Å²) in [6.45, 7) is 5.27. The van der Waals surface area contributed by atoms with Gasteiger partial charge in [0.05, 0.1) is 12.9 Å². The summed E-state index contributed by atoms with van der Waals surface area (Å²) in [6, 6.07) is 1.84. The van der Waals surface area contributed by atoms with Crippen LogP contribution in [0.25, 0.3) is 0 Å². The lowest BCUT2D eigenvalue weighted by atomic mass is 10.0. The Balaban J connectivity index is 2.07. The van der Waals surface area contributed by atoms with E-state index in [0.29, 0.717) is 0 Å². The molecule has 0 spiro atoms. The lowest BCUT2D eigenvalue weighted by Crippen LogP contribution is -2.03. The van der Waals surface area contributed by atoms with Crippen LogP contribution in [0.4, 0.5) is 0 Å². The van der Waals surface area contributed by atoms with E-state index in [1.54, 1.807) is 12.5 Å². The van der Waals surface area contributed by atoms with Gasteiger partial charge in [-0.25, -0.2) is 0 Å². The van der Waals surface area contributed by atoms with Crippen LogP contribution in [-0.4, -0.2) is 6.61 Å². The Hall–Kier alpha value is -0.920. The minimum atomic E-state index is 0.761. The van der Waals surface area contributed by atoms with Crippen molar-refractivity contribution in [3.05, 3.63) is 18.6 Å². The second kappa shape index (κ2) is 5.68. The molecule has 0 aromatic carbocycles. The highest BCUT2D eigenvalue weighted by atomic mass is 16.5. The molecule has 0 amide bonds. The molecule has 0 N–H and O–H groups in total. The SMILES string of the molecule is CCCC(C)CCOc1ccoc1. The summed E-state index contributed by atoms with van der Waals surface area (Å²) in [4.78, 5) is 0. The van der Waals surface area contributed by atoms with E-state index in [0.717, 1.165) is 24.7 Å². The van der Waals surface area contributed by atoms with E-state index >= 15 is 0 Å². The van der Waals surface area contributed by atoms with Gasteiger partial charge in [-0.2, -0.15) is 0 Å². The maximum Gasteiger partial charge on any atom is 0.157 e. The van der Waals surface area contributed by atoms with E-state index in [2.05, 4.69) is 13.8 Å². The monoisotopic (exact) mass is 182 g/mol. The van der Waals surface area contributed by atoms with Gasteiger partial charge in [0, 0.05) is 6.07 Å². The van der Waals surface area contributed by atoms with E-state index in [1.165, 1.54) is 12.8 Å². The fourth-order valence-electron chi connectivity index (χ4n) is 1.35. The third kappa shape index (κ3) is 4.02. The quantitative estimate of drug-likeness (QED) is 0.672. The Morgan fingerprint density at radius 1 is 1.46 bits per heavy atom. The number of rotatable bonds is 6. The van der Waals surface area contributed by atoms with Crippen LogP contribution < -0.4 is 4.74 Å². The molecule has 0 bridgehead atoms. The van der Waals surface area contributed by atoms with Gasteiger partial charge >= 0.3 is 0 Å². The van der Waals surface area contributed by atoms with E-state index in [-0.39, 0.29) is 0 Å². The van der Waals surface area contributed by atoms with Gasteiger partial charge in [0.1, 0.15) is 6.26 Å². The Bertz CT molecular complexity index is 204. The molecule has 0 aliphatic rings. The Morgan fingerprint density at radius 3 is 2.92 bits per heavy atom. The van der Waals surface area contributed by atoms with Crippen molar-refractivity contribution in [3.63, 3.8) is 0 Å². The number of hydrogen-bond donors (Lipinski definition) is 0. The highest BCUT2D eigenvalue weighted by Gasteiger charge is 2.01. The lowest BCUT2D eigenvalue weighted by molar-refractivity contribution is 0.276. The van der Waals surface area contributed by atoms with E-state index in [4.69, 9.17) is 9.15 Å². The molecule has 1 unspecified atom stereocenters. The average molecular weight is 182 g/mol. The number of furan rings is 1. The van der Waals surface area contributed by atoms with Crippen molar-refractivity contribution in [1.82, 2.24) is 0 Å². The fourth-order valence-corrected chi connectivity index (χ4v) is 1.35.